The van der Waals surface area contributed by atoms with Gasteiger partial charge in [-0.2, -0.15) is 0 Å². The van der Waals surface area contributed by atoms with Gasteiger partial charge >= 0.3 is 5.97 Å². The van der Waals surface area contributed by atoms with Crippen molar-refractivity contribution in [2.75, 3.05) is 19.0 Å². The average Bonchev–Trinajstić information content (AvgIpc) is 3.23. The van der Waals surface area contributed by atoms with Gasteiger partial charge in [0.2, 0.25) is 5.91 Å². The van der Waals surface area contributed by atoms with Gasteiger partial charge in [-0.1, -0.05) is 54.6 Å². The summed E-state index contributed by atoms with van der Waals surface area (Å²) in [6.07, 6.45) is 0.208. The number of hydrogen-bond acceptors (Lipinski definition) is 5. The number of carbonyl (C=O) groups is 2. The lowest BCUT2D eigenvalue weighted by Gasteiger charge is -2.10. The molecule has 0 saturated heterocycles. The van der Waals surface area contributed by atoms with E-state index in [9.17, 15) is 9.59 Å². The molecule has 162 valence electrons. The van der Waals surface area contributed by atoms with Crippen LogP contribution in [0.3, 0.4) is 0 Å². The Hall–Kier alpha value is -3.64. The van der Waals surface area contributed by atoms with Gasteiger partial charge < -0.3 is 14.8 Å². The number of thiophene rings is 1. The van der Waals surface area contributed by atoms with Crippen LogP contribution in [-0.4, -0.2) is 25.6 Å². The van der Waals surface area contributed by atoms with E-state index in [1.807, 2.05) is 72.1 Å². The Labute approximate surface area is 190 Å². The molecule has 32 heavy (non-hydrogen) atoms. The maximum atomic E-state index is 12.9. The fourth-order valence-electron chi connectivity index (χ4n) is 3.63. The van der Waals surface area contributed by atoms with E-state index in [-0.39, 0.29) is 18.9 Å². The zero-order chi connectivity index (χ0) is 22.5. The summed E-state index contributed by atoms with van der Waals surface area (Å²) in [5.74, 6) is 0.0836. The van der Waals surface area contributed by atoms with E-state index in [0.29, 0.717) is 10.6 Å². The van der Waals surface area contributed by atoms with E-state index >= 15 is 0 Å². The first-order valence-corrected chi connectivity index (χ1v) is 11.2. The number of carbonyl (C=O) groups excluding carboxylic acids is 2. The third kappa shape index (κ3) is 4.50. The van der Waals surface area contributed by atoms with Crippen LogP contribution in [-0.2, 0) is 16.0 Å². The number of amides is 1. The molecule has 4 aromatic rings. The fourth-order valence-corrected chi connectivity index (χ4v) is 4.60. The molecule has 1 aromatic heterocycles. The molecule has 6 heteroatoms. The topological polar surface area (TPSA) is 64.6 Å². The van der Waals surface area contributed by atoms with Gasteiger partial charge in [-0.15, -0.1) is 11.3 Å². The highest BCUT2D eigenvalue weighted by Crippen LogP contribution is 2.37. The number of ether oxygens (including phenoxy) is 2. The second-order valence-corrected chi connectivity index (χ2v) is 8.05. The van der Waals surface area contributed by atoms with Crippen molar-refractivity contribution in [2.45, 2.75) is 13.3 Å². The number of nitrogens with one attached hydrogen (secondary N) is 1. The van der Waals surface area contributed by atoms with E-state index in [2.05, 4.69) is 5.32 Å². The summed E-state index contributed by atoms with van der Waals surface area (Å²) < 4.78 is 10.5. The van der Waals surface area contributed by atoms with Crippen molar-refractivity contribution in [1.82, 2.24) is 0 Å². The predicted molar refractivity (Wildman–Crippen MR) is 129 cm³/mol. The van der Waals surface area contributed by atoms with Crippen molar-refractivity contribution in [3.63, 3.8) is 0 Å². The molecule has 0 aliphatic carbocycles. The second kappa shape index (κ2) is 9.66. The molecule has 0 spiro atoms. The molecule has 0 atom stereocenters. The quantitative estimate of drug-likeness (QED) is 0.358. The Balaban J connectivity index is 1.63. The molecule has 0 aliphatic heterocycles. The van der Waals surface area contributed by atoms with E-state index in [1.165, 1.54) is 11.3 Å². The molecule has 0 aliphatic rings. The van der Waals surface area contributed by atoms with E-state index in [1.54, 1.807) is 14.0 Å². The number of esters is 1. The predicted octanol–water partition coefficient (Wildman–Crippen LogP) is 5.93. The van der Waals surface area contributed by atoms with Crippen LogP contribution in [0, 0.1) is 0 Å². The average molecular weight is 446 g/mol. The van der Waals surface area contributed by atoms with Crippen LogP contribution in [0.1, 0.15) is 22.8 Å². The monoisotopic (exact) mass is 445 g/mol. The zero-order valence-corrected chi connectivity index (χ0v) is 18.7. The molecule has 0 radical (unpaired) electrons. The molecule has 0 bridgehead atoms. The number of anilines is 1. The summed E-state index contributed by atoms with van der Waals surface area (Å²) in [7, 11) is 1.60. The summed E-state index contributed by atoms with van der Waals surface area (Å²) in [5.41, 5.74) is 2.87. The third-order valence-corrected chi connectivity index (χ3v) is 6.05. The van der Waals surface area contributed by atoms with Gasteiger partial charge in [0.25, 0.3) is 0 Å². The van der Waals surface area contributed by atoms with Gasteiger partial charge in [-0.05, 0) is 41.0 Å². The third-order valence-electron chi connectivity index (χ3n) is 5.16. The summed E-state index contributed by atoms with van der Waals surface area (Å²) in [5, 5.41) is 7.41. The molecule has 0 fully saturated rings. The lowest BCUT2D eigenvalue weighted by Crippen LogP contribution is -2.16. The highest BCUT2D eigenvalue weighted by molar-refractivity contribution is 7.15. The van der Waals surface area contributed by atoms with E-state index in [4.69, 9.17) is 9.47 Å². The Morgan fingerprint density at radius 3 is 2.47 bits per heavy atom. The van der Waals surface area contributed by atoms with Crippen LogP contribution >= 0.6 is 11.3 Å². The number of rotatable bonds is 7. The Kier molecular flexibility index (Phi) is 6.52. The number of hydrogen-bond donors (Lipinski definition) is 1. The standard InChI is InChI=1S/C26H23NO4S/c1-3-31-26(29)24-22(18-11-13-20(30-2)14-12-18)16-32-25(24)27-23(28)15-19-9-6-8-17-7-4-5-10-21(17)19/h4-14,16H,3,15H2,1-2H3,(H,27,28). The molecular weight excluding hydrogens is 422 g/mol. The van der Waals surface area contributed by atoms with Gasteiger partial charge in [0.05, 0.1) is 20.1 Å². The molecule has 1 heterocycles. The highest BCUT2D eigenvalue weighted by Gasteiger charge is 2.23. The normalized spacial score (nSPS) is 10.7. The van der Waals surface area contributed by atoms with Crippen LogP contribution in [0.5, 0.6) is 5.75 Å². The fraction of sp³-hybridized carbons (Fsp3) is 0.154. The lowest BCUT2D eigenvalue weighted by atomic mass is 10.0. The SMILES string of the molecule is CCOC(=O)c1c(-c2ccc(OC)cc2)csc1NC(=O)Cc1cccc2ccccc12. The van der Waals surface area contributed by atoms with Gasteiger partial charge in [0, 0.05) is 10.9 Å². The molecule has 0 saturated carbocycles. The zero-order valence-electron chi connectivity index (χ0n) is 17.9. The maximum Gasteiger partial charge on any atom is 0.341 e. The summed E-state index contributed by atoms with van der Waals surface area (Å²) in [6, 6.07) is 21.3. The molecule has 3 aromatic carbocycles. The molecule has 1 N–H and O–H groups in total. The number of benzene rings is 3. The van der Waals surface area contributed by atoms with Crippen LogP contribution in [0.2, 0.25) is 0 Å². The minimum atomic E-state index is -0.458. The van der Waals surface area contributed by atoms with Crippen molar-refractivity contribution in [1.29, 1.82) is 0 Å². The molecular formula is C26H23NO4S. The van der Waals surface area contributed by atoms with Gasteiger partial charge in [-0.25, -0.2) is 4.79 Å². The van der Waals surface area contributed by atoms with E-state index < -0.39 is 5.97 Å². The van der Waals surface area contributed by atoms with Crippen LogP contribution in [0.25, 0.3) is 21.9 Å². The second-order valence-electron chi connectivity index (χ2n) is 7.17. The molecule has 1 amide bonds. The first kappa shape index (κ1) is 21.6. The first-order valence-electron chi connectivity index (χ1n) is 10.3. The van der Waals surface area contributed by atoms with Crippen molar-refractivity contribution in [3.05, 3.63) is 83.2 Å². The summed E-state index contributed by atoms with van der Waals surface area (Å²) in [4.78, 5) is 25.7. The molecule has 4 rings (SSSR count). The van der Waals surface area contributed by atoms with Crippen molar-refractivity contribution in [2.24, 2.45) is 0 Å². The Bertz CT molecular complexity index is 1260. The summed E-state index contributed by atoms with van der Waals surface area (Å²) in [6.45, 7) is 2.01. The van der Waals surface area contributed by atoms with Crippen LogP contribution in [0.15, 0.2) is 72.1 Å². The van der Waals surface area contributed by atoms with Gasteiger partial charge in [-0.3, -0.25) is 4.79 Å². The largest absolute Gasteiger partial charge is 0.497 e. The van der Waals surface area contributed by atoms with Gasteiger partial charge in [0.15, 0.2) is 0 Å². The smallest absolute Gasteiger partial charge is 0.341 e. The van der Waals surface area contributed by atoms with E-state index in [0.717, 1.165) is 33.2 Å². The van der Waals surface area contributed by atoms with Crippen LogP contribution in [0.4, 0.5) is 5.00 Å². The summed E-state index contributed by atoms with van der Waals surface area (Å²) >= 11 is 1.31. The molecule has 0 unspecified atom stereocenters. The number of methoxy groups -OCH3 is 1. The lowest BCUT2D eigenvalue weighted by molar-refractivity contribution is -0.115. The Morgan fingerprint density at radius 2 is 1.72 bits per heavy atom. The van der Waals surface area contributed by atoms with Crippen molar-refractivity contribution in [3.8, 4) is 16.9 Å². The van der Waals surface area contributed by atoms with Crippen molar-refractivity contribution >= 4 is 39.0 Å². The minimum Gasteiger partial charge on any atom is -0.497 e. The first-order chi connectivity index (χ1) is 15.6. The van der Waals surface area contributed by atoms with Crippen LogP contribution < -0.4 is 10.1 Å². The van der Waals surface area contributed by atoms with Crippen molar-refractivity contribution < 1.29 is 19.1 Å². The number of fused-ring (bicyclic) bond motifs is 1. The minimum absolute atomic E-state index is 0.185. The maximum absolute atomic E-state index is 12.9. The highest BCUT2D eigenvalue weighted by atomic mass is 32.1. The van der Waals surface area contributed by atoms with Gasteiger partial charge in [0.1, 0.15) is 16.3 Å². The Morgan fingerprint density at radius 1 is 0.969 bits per heavy atom. The molecule has 5 nitrogen and oxygen atoms in total.